The van der Waals surface area contributed by atoms with Crippen molar-refractivity contribution in [2.75, 3.05) is 0 Å². The van der Waals surface area contributed by atoms with Gasteiger partial charge in [0.25, 0.3) is 0 Å². The molecule has 0 fully saturated rings. The summed E-state index contributed by atoms with van der Waals surface area (Å²) < 4.78 is 0. The minimum absolute atomic E-state index is 0.0891. The van der Waals surface area contributed by atoms with E-state index in [1.165, 1.54) is 5.56 Å². The Bertz CT molecular complexity index is 341. The number of hydrogen-bond acceptors (Lipinski definition) is 3. The molecule has 0 saturated carbocycles. The van der Waals surface area contributed by atoms with E-state index in [1.54, 1.807) is 11.3 Å². The summed E-state index contributed by atoms with van der Waals surface area (Å²) in [5.41, 5.74) is 6.86. The lowest BCUT2D eigenvalue weighted by Gasteiger charge is -2.19. The summed E-state index contributed by atoms with van der Waals surface area (Å²) in [6.07, 6.45) is 2.10. The lowest BCUT2D eigenvalue weighted by molar-refractivity contribution is -0.122. The molecule has 0 spiro atoms. The van der Waals surface area contributed by atoms with E-state index in [4.69, 9.17) is 5.73 Å². The first-order valence-electron chi connectivity index (χ1n) is 5.96. The van der Waals surface area contributed by atoms with Crippen LogP contribution in [0.15, 0.2) is 16.8 Å². The first-order valence-corrected chi connectivity index (χ1v) is 6.90. The first kappa shape index (κ1) is 14.2. The summed E-state index contributed by atoms with van der Waals surface area (Å²) in [5, 5.41) is 7.17. The second kappa shape index (κ2) is 6.17. The van der Waals surface area contributed by atoms with Crippen LogP contribution in [0.1, 0.15) is 39.2 Å². The maximum atomic E-state index is 11.7. The van der Waals surface area contributed by atoms with Gasteiger partial charge in [0.2, 0.25) is 5.91 Å². The van der Waals surface area contributed by atoms with Gasteiger partial charge in [-0.05, 0) is 56.0 Å². The van der Waals surface area contributed by atoms with Gasteiger partial charge in [0, 0.05) is 18.0 Å². The number of rotatable bonds is 6. The third kappa shape index (κ3) is 6.44. The van der Waals surface area contributed by atoms with Crippen molar-refractivity contribution in [3.8, 4) is 0 Å². The van der Waals surface area contributed by atoms with Crippen LogP contribution in [0.5, 0.6) is 0 Å². The predicted molar refractivity (Wildman–Crippen MR) is 73.1 cm³/mol. The van der Waals surface area contributed by atoms with Gasteiger partial charge in [0.1, 0.15) is 0 Å². The smallest absolute Gasteiger partial charge is 0.220 e. The van der Waals surface area contributed by atoms with Crippen molar-refractivity contribution in [2.24, 2.45) is 5.73 Å². The normalized spacial score (nSPS) is 13.4. The van der Waals surface area contributed by atoms with E-state index in [2.05, 4.69) is 22.1 Å². The van der Waals surface area contributed by atoms with Gasteiger partial charge in [-0.25, -0.2) is 0 Å². The molecule has 0 saturated heterocycles. The van der Waals surface area contributed by atoms with Gasteiger partial charge in [0.15, 0.2) is 0 Å². The molecule has 1 aromatic heterocycles. The maximum Gasteiger partial charge on any atom is 0.220 e. The lowest BCUT2D eigenvalue weighted by Crippen LogP contribution is -2.37. The van der Waals surface area contributed by atoms with Crippen molar-refractivity contribution >= 4 is 17.2 Å². The molecule has 1 unspecified atom stereocenters. The van der Waals surface area contributed by atoms with Crippen molar-refractivity contribution in [1.29, 1.82) is 0 Å². The largest absolute Gasteiger partial charge is 0.353 e. The quantitative estimate of drug-likeness (QED) is 0.818. The van der Waals surface area contributed by atoms with E-state index in [0.29, 0.717) is 12.8 Å². The van der Waals surface area contributed by atoms with E-state index in [0.717, 1.165) is 6.42 Å². The SMILES string of the molecule is CC(Cc1ccsc1)NC(=O)CCC(C)(C)N. The predicted octanol–water partition coefficient (Wildman–Crippen LogP) is 2.31. The zero-order valence-corrected chi connectivity index (χ0v) is 11.6. The van der Waals surface area contributed by atoms with Gasteiger partial charge in [0.05, 0.1) is 0 Å². The minimum Gasteiger partial charge on any atom is -0.353 e. The monoisotopic (exact) mass is 254 g/mol. The highest BCUT2D eigenvalue weighted by Gasteiger charge is 2.14. The molecule has 96 valence electrons. The average Bonchev–Trinajstić information content (AvgIpc) is 2.66. The molecule has 3 N–H and O–H groups in total. The third-order valence-corrected chi connectivity index (χ3v) is 3.26. The highest BCUT2D eigenvalue weighted by atomic mass is 32.1. The van der Waals surface area contributed by atoms with E-state index in [1.807, 2.05) is 20.8 Å². The number of thiophene rings is 1. The summed E-state index contributed by atoms with van der Waals surface area (Å²) in [6.45, 7) is 5.91. The second-order valence-corrected chi connectivity index (χ2v) is 6.07. The zero-order valence-electron chi connectivity index (χ0n) is 10.8. The summed E-state index contributed by atoms with van der Waals surface area (Å²) in [7, 11) is 0. The Balaban J connectivity index is 2.26. The van der Waals surface area contributed by atoms with Crippen LogP contribution in [0.2, 0.25) is 0 Å². The second-order valence-electron chi connectivity index (χ2n) is 5.29. The van der Waals surface area contributed by atoms with E-state index in [-0.39, 0.29) is 17.5 Å². The number of nitrogens with one attached hydrogen (secondary N) is 1. The van der Waals surface area contributed by atoms with Gasteiger partial charge in [-0.15, -0.1) is 0 Å². The van der Waals surface area contributed by atoms with Crippen LogP contribution in [0.3, 0.4) is 0 Å². The Morgan fingerprint density at radius 3 is 2.82 bits per heavy atom. The summed E-state index contributed by atoms with van der Waals surface area (Å²) >= 11 is 1.68. The molecule has 1 heterocycles. The van der Waals surface area contributed by atoms with E-state index >= 15 is 0 Å². The molecular formula is C13H22N2OS. The number of nitrogens with two attached hydrogens (primary N) is 1. The first-order chi connectivity index (χ1) is 7.87. The van der Waals surface area contributed by atoms with Crippen molar-refractivity contribution in [3.63, 3.8) is 0 Å². The van der Waals surface area contributed by atoms with Gasteiger partial charge in [-0.1, -0.05) is 0 Å². The Morgan fingerprint density at radius 1 is 1.59 bits per heavy atom. The maximum absolute atomic E-state index is 11.7. The van der Waals surface area contributed by atoms with Crippen LogP contribution < -0.4 is 11.1 Å². The van der Waals surface area contributed by atoms with Crippen molar-refractivity contribution < 1.29 is 4.79 Å². The summed E-state index contributed by atoms with van der Waals surface area (Å²) in [6, 6.07) is 2.27. The topological polar surface area (TPSA) is 55.1 Å². The standard InChI is InChI=1S/C13H22N2OS/c1-10(8-11-5-7-17-9-11)15-12(16)4-6-13(2,3)14/h5,7,9-10H,4,6,8,14H2,1-3H3,(H,15,16). The van der Waals surface area contributed by atoms with Gasteiger partial charge >= 0.3 is 0 Å². The molecule has 4 heteroatoms. The van der Waals surface area contributed by atoms with Crippen molar-refractivity contribution in [2.45, 2.75) is 51.6 Å². The van der Waals surface area contributed by atoms with Crippen LogP contribution in [-0.4, -0.2) is 17.5 Å². The van der Waals surface area contributed by atoms with Crippen LogP contribution in [0.4, 0.5) is 0 Å². The average molecular weight is 254 g/mol. The molecule has 1 atom stereocenters. The number of carbonyl (C=O) groups excluding carboxylic acids is 1. The highest BCUT2D eigenvalue weighted by molar-refractivity contribution is 7.07. The lowest BCUT2D eigenvalue weighted by atomic mass is 10.00. The fourth-order valence-corrected chi connectivity index (χ4v) is 2.28. The molecule has 0 aliphatic heterocycles. The molecule has 1 amide bonds. The van der Waals surface area contributed by atoms with Gasteiger partial charge in [-0.2, -0.15) is 11.3 Å². The molecule has 3 nitrogen and oxygen atoms in total. The fraction of sp³-hybridized carbons (Fsp3) is 0.615. The molecule has 1 rings (SSSR count). The van der Waals surface area contributed by atoms with Crippen LogP contribution >= 0.6 is 11.3 Å². The molecule has 0 aliphatic rings. The van der Waals surface area contributed by atoms with Gasteiger partial charge < -0.3 is 11.1 Å². The van der Waals surface area contributed by atoms with Gasteiger partial charge in [-0.3, -0.25) is 4.79 Å². The third-order valence-electron chi connectivity index (χ3n) is 2.53. The highest BCUT2D eigenvalue weighted by Crippen LogP contribution is 2.10. The Labute approximate surface area is 107 Å². The number of carbonyl (C=O) groups is 1. The van der Waals surface area contributed by atoms with Crippen LogP contribution in [-0.2, 0) is 11.2 Å². The number of hydrogen-bond donors (Lipinski definition) is 2. The molecule has 0 aromatic carbocycles. The summed E-state index contributed by atoms with van der Waals surface area (Å²) in [4.78, 5) is 11.7. The van der Waals surface area contributed by atoms with Crippen LogP contribution in [0.25, 0.3) is 0 Å². The molecule has 1 aromatic rings. The zero-order chi connectivity index (χ0) is 12.9. The molecule has 0 bridgehead atoms. The minimum atomic E-state index is -0.270. The molecule has 0 aliphatic carbocycles. The molecule has 0 radical (unpaired) electrons. The Kier molecular flexibility index (Phi) is 5.15. The Morgan fingerprint density at radius 2 is 2.29 bits per heavy atom. The Hall–Kier alpha value is -0.870. The van der Waals surface area contributed by atoms with Crippen molar-refractivity contribution in [3.05, 3.63) is 22.4 Å². The summed E-state index contributed by atoms with van der Waals surface area (Å²) in [5.74, 6) is 0.0891. The van der Waals surface area contributed by atoms with E-state index < -0.39 is 0 Å². The van der Waals surface area contributed by atoms with E-state index in [9.17, 15) is 4.79 Å². The fourth-order valence-electron chi connectivity index (χ4n) is 1.60. The number of amides is 1. The molecule has 17 heavy (non-hydrogen) atoms. The van der Waals surface area contributed by atoms with Crippen LogP contribution in [0, 0.1) is 0 Å². The molecular weight excluding hydrogens is 232 g/mol. The van der Waals surface area contributed by atoms with Crippen molar-refractivity contribution in [1.82, 2.24) is 5.32 Å².